The molecule has 0 unspecified atom stereocenters. The van der Waals surface area contributed by atoms with Gasteiger partial charge in [0, 0.05) is 52.3 Å². The molecule has 0 aliphatic carbocycles. The van der Waals surface area contributed by atoms with Gasteiger partial charge < -0.3 is 91.9 Å². The quantitative estimate of drug-likeness (QED) is 0.0640. The van der Waals surface area contributed by atoms with Gasteiger partial charge in [0.1, 0.15) is 82.6 Å². The molecule has 7 amide bonds. The highest BCUT2D eigenvalue weighted by Crippen LogP contribution is 2.49. The average molecular weight is 1370 g/mol. The second kappa shape index (κ2) is 25.3. The monoisotopic (exact) mass is 1370 g/mol. The number of H-pyrrole nitrogens is 1. The number of aliphatic hydroxyl groups excluding tert-OH is 1. The number of aldehydes is 1. The Morgan fingerprint density at radius 1 is 0.531 bits per heavy atom. The van der Waals surface area contributed by atoms with Crippen molar-refractivity contribution in [3.63, 3.8) is 0 Å². The number of aromatic nitrogens is 1. The third-order valence-corrected chi connectivity index (χ3v) is 17.4. The number of carboxylic acids is 1. The third-order valence-electron chi connectivity index (χ3n) is 16.8. The van der Waals surface area contributed by atoms with Crippen LogP contribution < -0.4 is 51.0 Å². The summed E-state index contributed by atoms with van der Waals surface area (Å²) in [5.41, 5.74) is -2.11. The number of hydrogen-bond donors (Lipinski definition) is 15. The molecule has 0 spiro atoms. The molecular weight excluding hydrogens is 1320 g/mol. The van der Waals surface area contributed by atoms with Gasteiger partial charge in [-0.05, 0) is 118 Å². The van der Waals surface area contributed by atoms with E-state index in [9.17, 15) is 60.0 Å². The molecule has 28 nitrogen and oxygen atoms in total. The SMILES string of the molecule is O=CC(=O)N(c1c[nH]c2ccccc12)[C@H]1C(=O)N[C@@H]2Cc3ccc(c(Cl)c3)Oc3cc4cc(c3O)Oc3ccc(cc3Cl)[C@@H](O)[C@@H]3NC(=O)[C@H](NC(=O)[C@@H]4NC(=O)[C@@H](NC2=O)c2cc(O)cc(c2)Oc2cc1ccc2O)c1ccc(O)c(c1)-c1c(O)cc(O)cc1[C@@H](C(=O)O)NC3=O. The van der Waals surface area contributed by atoms with E-state index in [1.165, 1.54) is 42.6 Å². The number of nitrogens with one attached hydrogen (secondary N) is 7. The Morgan fingerprint density at radius 2 is 1.14 bits per heavy atom. The second-order valence-electron chi connectivity index (χ2n) is 23.1. The number of carbonyl (C=O) groups excluding carboxylic acids is 8. The molecule has 30 heteroatoms. The zero-order valence-corrected chi connectivity index (χ0v) is 51.5. The maximum Gasteiger partial charge on any atom is 0.330 e. The van der Waals surface area contributed by atoms with Gasteiger partial charge in [-0.2, -0.15) is 0 Å². The van der Waals surface area contributed by atoms with Gasteiger partial charge in [-0.15, -0.1) is 0 Å². The maximum absolute atomic E-state index is 15.9. The first-order valence-electron chi connectivity index (χ1n) is 29.5. The number of aliphatic carboxylic acids is 1. The average Bonchev–Trinajstić information content (AvgIpc) is 1.09. The van der Waals surface area contributed by atoms with Crippen LogP contribution in [0.1, 0.15) is 75.3 Å². The number of nitrogens with zero attached hydrogens (tertiary/aromatic N) is 1. The van der Waals surface area contributed by atoms with Crippen molar-refractivity contribution in [2.75, 3.05) is 4.90 Å². The summed E-state index contributed by atoms with van der Waals surface area (Å²) in [6, 6.07) is 13.1. The molecule has 15 rings (SSSR count). The van der Waals surface area contributed by atoms with Gasteiger partial charge in [0.25, 0.3) is 5.91 Å². The second-order valence-corrected chi connectivity index (χ2v) is 23.9. The molecular formula is C68H50Cl2N8O20. The number of ether oxygens (including phenoxy) is 3. The van der Waals surface area contributed by atoms with Crippen molar-refractivity contribution in [1.29, 1.82) is 0 Å². The number of halogens is 2. The number of aliphatic hydroxyl groups is 1. The van der Waals surface area contributed by atoms with Crippen LogP contribution in [0.5, 0.6) is 69.0 Å². The Hall–Kier alpha value is -12.5. The number of phenols is 6. The lowest BCUT2D eigenvalue weighted by Crippen LogP contribution is -2.55. The van der Waals surface area contributed by atoms with Crippen LogP contribution in [0.2, 0.25) is 10.0 Å². The number of carbonyl (C=O) groups is 9. The summed E-state index contributed by atoms with van der Waals surface area (Å²) in [6.07, 6.45) is -1.33. The van der Waals surface area contributed by atoms with Crippen molar-refractivity contribution >= 4 is 93.4 Å². The van der Waals surface area contributed by atoms with Crippen LogP contribution in [-0.4, -0.2) is 112 Å². The number of anilines is 1. The Bertz CT molecular complexity index is 4930. The first-order valence-corrected chi connectivity index (χ1v) is 30.3. The standard InChI is InChI=1S/C68H50Cl2N8O20/c69-39-13-27-5-11-47(39)97-50-20-32-21-51(61(50)87)98-48-12-8-30(18-40(48)70)60(86)58-66(92)76-57(68(94)95)38-23-34(81)24-46(84)53(38)37-17-28(6-9-44(37)82)54(63(89)77-58)74-65(91)56(32)75-64(90)55-31-15-33(80)22-35(16-31)96-49-19-29(7-10-45(49)83)59(67(93)72-42(14-27)62(88)73-55)78(52(85)26-79)43-25-71-41-4-2-1-3-36(41)43/h1-13,15-26,42,54-60,71,80-84,86-87H,14H2,(H,72,93)(H,73,88)(H,74,91)(H,75,90)(H,76,92)(H,77,89)(H,94,95)/t42-,54-,55+,56-,57+,58+,59-,60-/m1/s1. The third kappa shape index (κ3) is 12.0. The molecule has 15 N–H and O–H groups in total. The van der Waals surface area contributed by atoms with Crippen molar-refractivity contribution in [3.8, 4) is 80.1 Å². The van der Waals surface area contributed by atoms with E-state index in [0.29, 0.717) is 10.9 Å². The van der Waals surface area contributed by atoms with Gasteiger partial charge in [0.2, 0.25) is 47.5 Å². The fraction of sp³-hybridized carbons (Fsp3) is 0.132. The molecule has 0 fully saturated rings. The molecule has 0 radical (unpaired) electrons. The number of benzene rings is 8. The van der Waals surface area contributed by atoms with Crippen LogP contribution in [0.3, 0.4) is 0 Å². The Kier molecular flexibility index (Phi) is 16.6. The minimum atomic E-state index is -2.25. The normalized spacial score (nSPS) is 20.6. The Morgan fingerprint density at radius 3 is 1.84 bits per heavy atom. The van der Waals surface area contributed by atoms with E-state index in [4.69, 9.17) is 37.4 Å². The molecule has 1 aromatic heterocycles. The van der Waals surface area contributed by atoms with E-state index in [1.54, 1.807) is 24.3 Å². The van der Waals surface area contributed by atoms with Crippen molar-refractivity contribution < 1.29 is 98.2 Å². The number of amides is 7. The maximum atomic E-state index is 15.9. The molecule has 8 atom stereocenters. The first kappa shape index (κ1) is 64.2. The predicted molar refractivity (Wildman–Crippen MR) is 343 cm³/mol. The fourth-order valence-corrected chi connectivity index (χ4v) is 12.6. The summed E-state index contributed by atoms with van der Waals surface area (Å²) in [5.74, 6) is -17.5. The van der Waals surface area contributed by atoms with Crippen LogP contribution in [0.25, 0.3) is 22.0 Å². The molecule has 9 aromatic rings. The molecule has 6 aliphatic rings. The molecule has 7 heterocycles. The van der Waals surface area contributed by atoms with Crippen LogP contribution in [0.15, 0.2) is 146 Å². The summed E-state index contributed by atoms with van der Waals surface area (Å²) in [4.78, 5) is 137. The lowest BCUT2D eigenvalue weighted by molar-refractivity contribution is -0.143. The molecule has 98 heavy (non-hydrogen) atoms. The zero-order chi connectivity index (χ0) is 69.3. The smallest absolute Gasteiger partial charge is 0.330 e. The number of aromatic hydroxyl groups is 6. The number of rotatable bonds is 4. The number of para-hydroxylation sites is 1. The van der Waals surface area contributed by atoms with Crippen molar-refractivity contribution in [2.45, 2.75) is 54.8 Å². The highest BCUT2D eigenvalue weighted by molar-refractivity contribution is 6.33. The van der Waals surface area contributed by atoms with Crippen molar-refractivity contribution in [2.24, 2.45) is 0 Å². The number of aromatic amines is 1. The number of hydrogen-bond acceptors (Lipinski definition) is 19. The number of fused-ring (bicyclic) bond motifs is 15. The molecule has 496 valence electrons. The topological polar surface area (TPSA) is 434 Å². The van der Waals surface area contributed by atoms with Crippen molar-refractivity contribution in [3.05, 3.63) is 195 Å². The highest BCUT2D eigenvalue weighted by Gasteiger charge is 2.43. The van der Waals surface area contributed by atoms with E-state index in [0.717, 1.165) is 83.8 Å². The van der Waals surface area contributed by atoms with Crippen molar-refractivity contribution in [1.82, 2.24) is 36.9 Å². The van der Waals surface area contributed by atoms with Gasteiger partial charge in [-0.25, -0.2) is 4.79 Å². The minimum absolute atomic E-state index is 0.0114. The number of phenolic OH excluding ortho intramolecular Hbond substituents is 6. The Labute approximate surface area is 560 Å². The molecule has 0 saturated carbocycles. The molecule has 0 saturated heterocycles. The summed E-state index contributed by atoms with van der Waals surface area (Å²) in [5, 5.41) is 107. The van der Waals surface area contributed by atoms with E-state index in [2.05, 4.69) is 36.9 Å². The molecule has 17 bridgehead atoms. The van der Waals surface area contributed by atoms with E-state index in [-0.39, 0.29) is 72.6 Å². The van der Waals surface area contributed by atoms with Crippen LogP contribution >= 0.6 is 23.2 Å². The number of carboxylic acid groups (broad SMARTS) is 1. The van der Waals surface area contributed by atoms with Gasteiger partial charge in [-0.3, -0.25) is 43.3 Å². The molecule has 6 aliphatic heterocycles. The van der Waals surface area contributed by atoms with E-state index < -0.39 is 171 Å². The predicted octanol–water partition coefficient (Wildman–Crippen LogP) is 6.74. The lowest BCUT2D eigenvalue weighted by atomic mass is 9.89. The summed E-state index contributed by atoms with van der Waals surface area (Å²) < 4.78 is 18.7. The zero-order valence-electron chi connectivity index (χ0n) is 49.9. The van der Waals surface area contributed by atoms with Gasteiger partial charge >= 0.3 is 5.97 Å². The Balaban J connectivity index is 1.01. The van der Waals surface area contributed by atoms with E-state index >= 15 is 24.0 Å². The summed E-state index contributed by atoms with van der Waals surface area (Å²) in [6.45, 7) is 0. The van der Waals surface area contributed by atoms with Crippen LogP contribution in [0.4, 0.5) is 5.69 Å². The van der Waals surface area contributed by atoms with Crippen LogP contribution in [-0.2, 0) is 49.6 Å². The highest BCUT2D eigenvalue weighted by atomic mass is 35.5. The fourth-order valence-electron chi connectivity index (χ4n) is 12.2. The van der Waals surface area contributed by atoms with Crippen LogP contribution in [0, 0.1) is 0 Å². The van der Waals surface area contributed by atoms with E-state index in [1.807, 2.05) is 0 Å². The van der Waals surface area contributed by atoms with Gasteiger partial charge in [0.15, 0.2) is 29.0 Å². The lowest BCUT2D eigenvalue weighted by Gasteiger charge is -2.32. The first-order chi connectivity index (χ1) is 46.9. The van der Waals surface area contributed by atoms with Gasteiger partial charge in [-0.1, -0.05) is 65.7 Å². The van der Waals surface area contributed by atoms with Gasteiger partial charge in [0.05, 0.1) is 15.7 Å². The summed E-state index contributed by atoms with van der Waals surface area (Å²) >= 11 is 13.8. The minimum Gasteiger partial charge on any atom is -0.508 e. The largest absolute Gasteiger partial charge is 0.508 e. The molecule has 8 aromatic carbocycles. The summed E-state index contributed by atoms with van der Waals surface area (Å²) in [7, 11) is 0.